The lowest BCUT2D eigenvalue weighted by Gasteiger charge is -2.34. The van der Waals surface area contributed by atoms with Crippen LogP contribution in [0.25, 0.3) is 0 Å². The van der Waals surface area contributed by atoms with Crippen LogP contribution in [0.5, 0.6) is 0 Å². The van der Waals surface area contributed by atoms with E-state index in [1.54, 1.807) is 36.4 Å². The normalized spacial score (nSPS) is 19.0. The van der Waals surface area contributed by atoms with Crippen LogP contribution >= 0.6 is 11.6 Å². The van der Waals surface area contributed by atoms with E-state index in [2.05, 4.69) is 22.5 Å². The van der Waals surface area contributed by atoms with Crippen molar-refractivity contribution in [3.05, 3.63) is 77.0 Å². The number of carboxylic acids is 1. The highest BCUT2D eigenvalue weighted by atomic mass is 35.5. The molecule has 0 bridgehead atoms. The number of aromatic carboxylic acids is 1. The SMILES string of the molecule is C=C1NC(=O)N[C@@H](c2ccc(C(=O)O)cc2)[C@@H]1C(=O)Nc1ccccc1Cl. The molecule has 2 aromatic carbocycles. The number of nitrogens with one attached hydrogen (secondary N) is 3. The predicted octanol–water partition coefficient (Wildman–Crippen LogP) is 3.16. The number of carboxylic acid groups (broad SMARTS) is 1. The number of halogens is 1. The standard InChI is InChI=1S/C19H16ClN3O4/c1-10-15(17(24)22-14-5-3-2-4-13(14)20)16(23-19(27)21-10)11-6-8-12(9-7-11)18(25)26/h2-9,15-16H,1H2,(H,22,24)(H,25,26)(H2,21,23,27)/t15-,16+/m1/s1. The number of carbonyl (C=O) groups excluding carboxylic acids is 2. The summed E-state index contributed by atoms with van der Waals surface area (Å²) in [4.78, 5) is 35.8. The molecule has 8 heteroatoms. The highest BCUT2D eigenvalue weighted by Crippen LogP contribution is 2.31. The van der Waals surface area contributed by atoms with E-state index in [9.17, 15) is 14.4 Å². The summed E-state index contributed by atoms with van der Waals surface area (Å²) >= 11 is 6.09. The van der Waals surface area contributed by atoms with Gasteiger partial charge in [0.05, 0.1) is 22.3 Å². The number of urea groups is 1. The van der Waals surface area contributed by atoms with Crippen LogP contribution in [0.15, 0.2) is 60.8 Å². The van der Waals surface area contributed by atoms with E-state index in [0.717, 1.165) is 0 Å². The first-order valence-corrected chi connectivity index (χ1v) is 8.39. The summed E-state index contributed by atoms with van der Waals surface area (Å²) in [5.41, 5.74) is 1.36. The third-order valence-electron chi connectivity index (χ3n) is 4.20. The summed E-state index contributed by atoms with van der Waals surface area (Å²) < 4.78 is 0. The van der Waals surface area contributed by atoms with Gasteiger partial charge in [0.2, 0.25) is 5.91 Å². The molecule has 1 aliphatic heterocycles. The summed E-state index contributed by atoms with van der Waals surface area (Å²) in [6, 6.07) is 11.5. The fraction of sp³-hybridized carbons (Fsp3) is 0.105. The van der Waals surface area contributed by atoms with Crippen molar-refractivity contribution in [2.45, 2.75) is 6.04 Å². The first-order valence-electron chi connectivity index (χ1n) is 8.02. The van der Waals surface area contributed by atoms with Gasteiger partial charge < -0.3 is 21.1 Å². The molecule has 3 rings (SSSR count). The molecule has 1 heterocycles. The van der Waals surface area contributed by atoms with Crippen LogP contribution in [0.2, 0.25) is 5.02 Å². The van der Waals surface area contributed by atoms with Crippen molar-refractivity contribution in [3.8, 4) is 0 Å². The lowest BCUT2D eigenvalue weighted by molar-refractivity contribution is -0.119. The lowest BCUT2D eigenvalue weighted by atomic mass is 9.88. The Balaban J connectivity index is 1.90. The molecule has 0 spiro atoms. The van der Waals surface area contributed by atoms with Crippen molar-refractivity contribution >= 4 is 35.2 Å². The monoisotopic (exact) mass is 385 g/mol. The van der Waals surface area contributed by atoms with E-state index >= 15 is 0 Å². The number of para-hydroxylation sites is 1. The molecular weight excluding hydrogens is 370 g/mol. The molecule has 1 fully saturated rings. The van der Waals surface area contributed by atoms with Crippen molar-refractivity contribution < 1.29 is 19.5 Å². The molecular formula is C19H16ClN3O4. The molecule has 1 aliphatic rings. The van der Waals surface area contributed by atoms with Crippen molar-refractivity contribution in [1.82, 2.24) is 10.6 Å². The van der Waals surface area contributed by atoms with Gasteiger partial charge in [0.1, 0.15) is 5.92 Å². The van der Waals surface area contributed by atoms with Gasteiger partial charge in [0.25, 0.3) is 0 Å². The summed E-state index contributed by atoms with van der Waals surface area (Å²) in [6.45, 7) is 3.79. The molecule has 0 radical (unpaired) electrons. The van der Waals surface area contributed by atoms with Gasteiger partial charge >= 0.3 is 12.0 Å². The predicted molar refractivity (Wildman–Crippen MR) is 101 cm³/mol. The van der Waals surface area contributed by atoms with E-state index < -0.39 is 29.9 Å². The van der Waals surface area contributed by atoms with Gasteiger partial charge in [0, 0.05) is 5.70 Å². The van der Waals surface area contributed by atoms with Gasteiger partial charge in [-0.3, -0.25) is 4.79 Å². The Morgan fingerprint density at radius 2 is 1.78 bits per heavy atom. The minimum atomic E-state index is -1.06. The Morgan fingerprint density at radius 3 is 2.41 bits per heavy atom. The zero-order valence-corrected chi connectivity index (χ0v) is 14.8. The minimum absolute atomic E-state index is 0.106. The number of carbonyl (C=O) groups is 3. The smallest absolute Gasteiger partial charge is 0.335 e. The van der Waals surface area contributed by atoms with Crippen LogP contribution in [0, 0.1) is 5.92 Å². The molecule has 0 saturated carbocycles. The minimum Gasteiger partial charge on any atom is -0.478 e. The highest BCUT2D eigenvalue weighted by Gasteiger charge is 2.38. The maximum absolute atomic E-state index is 12.9. The second kappa shape index (κ2) is 7.51. The summed E-state index contributed by atoms with van der Waals surface area (Å²) in [5.74, 6) is -2.30. The number of hydrogen-bond acceptors (Lipinski definition) is 3. The zero-order chi connectivity index (χ0) is 19.6. The molecule has 0 aliphatic carbocycles. The fourth-order valence-electron chi connectivity index (χ4n) is 2.88. The molecule has 2 aromatic rings. The quantitative estimate of drug-likeness (QED) is 0.648. The number of anilines is 1. The molecule has 0 aromatic heterocycles. The van der Waals surface area contributed by atoms with Crippen molar-refractivity contribution in [3.63, 3.8) is 0 Å². The molecule has 1 saturated heterocycles. The first-order chi connectivity index (χ1) is 12.9. The number of benzene rings is 2. The lowest BCUT2D eigenvalue weighted by Crippen LogP contribution is -2.51. The zero-order valence-electron chi connectivity index (χ0n) is 14.0. The van der Waals surface area contributed by atoms with Crippen molar-refractivity contribution in [2.75, 3.05) is 5.32 Å². The second-order valence-electron chi connectivity index (χ2n) is 5.98. The van der Waals surface area contributed by atoms with Crippen LogP contribution < -0.4 is 16.0 Å². The number of hydrogen-bond donors (Lipinski definition) is 4. The molecule has 4 N–H and O–H groups in total. The topological polar surface area (TPSA) is 108 Å². The van der Waals surface area contributed by atoms with Crippen molar-refractivity contribution in [2.24, 2.45) is 5.92 Å². The van der Waals surface area contributed by atoms with E-state index in [0.29, 0.717) is 16.3 Å². The second-order valence-corrected chi connectivity index (χ2v) is 6.38. The van der Waals surface area contributed by atoms with Crippen LogP contribution in [0.3, 0.4) is 0 Å². The average molecular weight is 386 g/mol. The van der Waals surface area contributed by atoms with Gasteiger partial charge in [-0.05, 0) is 29.8 Å². The molecule has 7 nitrogen and oxygen atoms in total. The van der Waals surface area contributed by atoms with Gasteiger partial charge in [0.15, 0.2) is 0 Å². The van der Waals surface area contributed by atoms with Crippen LogP contribution in [0.4, 0.5) is 10.5 Å². The third kappa shape index (κ3) is 3.93. The Labute approximate surface area is 160 Å². The number of rotatable bonds is 4. The van der Waals surface area contributed by atoms with E-state index in [4.69, 9.17) is 16.7 Å². The Morgan fingerprint density at radius 1 is 1.11 bits per heavy atom. The molecule has 2 atom stereocenters. The Bertz CT molecular complexity index is 927. The molecule has 3 amide bonds. The van der Waals surface area contributed by atoms with E-state index in [-0.39, 0.29) is 11.3 Å². The summed E-state index contributed by atoms with van der Waals surface area (Å²) in [5, 5.41) is 17.3. The molecule has 138 valence electrons. The fourth-order valence-corrected chi connectivity index (χ4v) is 3.06. The third-order valence-corrected chi connectivity index (χ3v) is 4.53. The summed E-state index contributed by atoms with van der Waals surface area (Å²) in [6.07, 6.45) is 0. The largest absolute Gasteiger partial charge is 0.478 e. The summed E-state index contributed by atoms with van der Waals surface area (Å²) in [7, 11) is 0. The van der Waals surface area contributed by atoms with Gasteiger partial charge in [-0.2, -0.15) is 0 Å². The maximum Gasteiger partial charge on any atom is 0.335 e. The van der Waals surface area contributed by atoms with Crippen LogP contribution in [-0.4, -0.2) is 23.0 Å². The Kier molecular flexibility index (Phi) is 5.14. The van der Waals surface area contributed by atoms with E-state index in [1.807, 2.05) is 0 Å². The molecule has 27 heavy (non-hydrogen) atoms. The first kappa shape index (κ1) is 18.5. The molecule has 0 unspecified atom stereocenters. The number of amides is 3. The van der Waals surface area contributed by atoms with Crippen molar-refractivity contribution in [1.29, 1.82) is 0 Å². The van der Waals surface area contributed by atoms with E-state index in [1.165, 1.54) is 12.1 Å². The van der Waals surface area contributed by atoms with Gasteiger partial charge in [-0.1, -0.05) is 42.4 Å². The maximum atomic E-state index is 12.9. The van der Waals surface area contributed by atoms with Crippen LogP contribution in [0.1, 0.15) is 22.0 Å². The Hall–Kier alpha value is -3.32. The van der Waals surface area contributed by atoms with Gasteiger partial charge in [-0.15, -0.1) is 0 Å². The average Bonchev–Trinajstić information content (AvgIpc) is 2.63. The van der Waals surface area contributed by atoms with Gasteiger partial charge in [-0.25, -0.2) is 9.59 Å². The highest BCUT2D eigenvalue weighted by molar-refractivity contribution is 6.33. The van der Waals surface area contributed by atoms with Crippen LogP contribution in [-0.2, 0) is 4.79 Å².